The summed E-state index contributed by atoms with van der Waals surface area (Å²) in [6.07, 6.45) is 3.03. The van der Waals surface area contributed by atoms with E-state index in [4.69, 9.17) is 4.74 Å². The molecule has 8 nitrogen and oxygen atoms in total. The van der Waals surface area contributed by atoms with E-state index in [1.165, 1.54) is 6.33 Å². The van der Waals surface area contributed by atoms with Gasteiger partial charge in [0, 0.05) is 16.2 Å². The number of anilines is 1. The Bertz CT molecular complexity index is 961. The Morgan fingerprint density at radius 1 is 1.17 bits per heavy atom. The number of carbonyl (C=O) groups is 2. The lowest BCUT2D eigenvalue weighted by Crippen LogP contribution is -2.36. The number of amides is 2. The highest BCUT2D eigenvalue weighted by atomic mass is 79.9. The fourth-order valence-corrected chi connectivity index (χ4v) is 2.87. The highest BCUT2D eigenvalue weighted by molar-refractivity contribution is 9.10. The number of nitrogens with zero attached hydrogens (tertiary/aromatic N) is 3. The molecule has 0 bridgehead atoms. The van der Waals surface area contributed by atoms with Crippen LogP contribution < -0.4 is 15.4 Å². The Balaban J connectivity index is 1.57. The molecule has 3 aromatic rings. The number of hydrogen-bond donors (Lipinski definition) is 2. The molecule has 1 heterocycles. The van der Waals surface area contributed by atoms with Gasteiger partial charge < -0.3 is 15.4 Å². The Morgan fingerprint density at radius 3 is 2.66 bits per heavy atom. The van der Waals surface area contributed by atoms with Crippen molar-refractivity contribution in [3.63, 3.8) is 0 Å². The second kappa shape index (κ2) is 9.83. The quantitative estimate of drug-likeness (QED) is 0.541. The van der Waals surface area contributed by atoms with Gasteiger partial charge in [-0.25, -0.2) is 4.98 Å². The highest BCUT2D eigenvalue weighted by Gasteiger charge is 2.16. The van der Waals surface area contributed by atoms with Crippen LogP contribution in [0.5, 0.6) is 5.75 Å². The molecule has 1 atom stereocenters. The maximum absolute atomic E-state index is 12.6. The number of carbonyl (C=O) groups excluding carboxylic acids is 2. The second-order valence-corrected chi connectivity index (χ2v) is 7.25. The van der Waals surface area contributed by atoms with Crippen LogP contribution in [0.1, 0.15) is 17.3 Å². The molecule has 9 heteroatoms. The number of nitrogens with one attached hydrogen (secondary N) is 2. The number of hydrogen-bond acceptors (Lipinski definition) is 5. The van der Waals surface area contributed by atoms with Crippen LogP contribution in [0.2, 0.25) is 0 Å². The lowest BCUT2D eigenvalue weighted by atomic mass is 10.1. The van der Waals surface area contributed by atoms with Crippen LogP contribution >= 0.6 is 15.9 Å². The number of ether oxygens (including phenoxy) is 1. The average Bonchev–Trinajstić information content (AvgIpc) is 3.21. The zero-order valence-electron chi connectivity index (χ0n) is 15.7. The standard InChI is InChI=1S/C20H20BrN5O3/c1-14(10-26-13-22-12-23-26)24-20(28)17-4-2-3-5-18(17)29-11-19(27)25-16-8-6-15(21)7-9-16/h2-9,12-14H,10-11H2,1H3,(H,24,28)(H,25,27). The minimum atomic E-state index is -0.318. The van der Waals surface area contributed by atoms with Crippen LogP contribution in [0.3, 0.4) is 0 Å². The van der Waals surface area contributed by atoms with Gasteiger partial charge in [0.15, 0.2) is 6.61 Å². The zero-order valence-corrected chi connectivity index (χ0v) is 17.3. The molecule has 0 fully saturated rings. The molecule has 0 aliphatic rings. The number of para-hydroxylation sites is 1. The SMILES string of the molecule is CC(Cn1cncn1)NC(=O)c1ccccc1OCC(=O)Nc1ccc(Br)cc1. The van der Waals surface area contributed by atoms with Gasteiger partial charge in [0.25, 0.3) is 11.8 Å². The maximum atomic E-state index is 12.6. The fraction of sp³-hybridized carbons (Fsp3) is 0.200. The normalized spacial score (nSPS) is 11.5. The van der Waals surface area contributed by atoms with Crippen molar-refractivity contribution in [1.29, 1.82) is 0 Å². The third-order valence-corrected chi connectivity index (χ3v) is 4.45. The molecular formula is C20H20BrN5O3. The predicted molar refractivity (Wildman–Crippen MR) is 112 cm³/mol. The first-order valence-electron chi connectivity index (χ1n) is 8.92. The summed E-state index contributed by atoms with van der Waals surface area (Å²) in [6, 6.07) is 13.8. The molecule has 3 rings (SSSR count). The Morgan fingerprint density at radius 2 is 1.93 bits per heavy atom. The Hall–Kier alpha value is -3.20. The molecule has 29 heavy (non-hydrogen) atoms. The van der Waals surface area contributed by atoms with Gasteiger partial charge in [0.2, 0.25) is 0 Å². The van der Waals surface area contributed by atoms with Crippen molar-refractivity contribution >= 4 is 33.4 Å². The van der Waals surface area contributed by atoms with E-state index in [1.807, 2.05) is 19.1 Å². The van der Waals surface area contributed by atoms with E-state index < -0.39 is 0 Å². The van der Waals surface area contributed by atoms with E-state index >= 15 is 0 Å². The Labute approximate surface area is 176 Å². The molecule has 0 saturated heterocycles. The summed E-state index contributed by atoms with van der Waals surface area (Å²) in [6.45, 7) is 2.15. The summed E-state index contributed by atoms with van der Waals surface area (Å²) in [5, 5.41) is 9.66. The van der Waals surface area contributed by atoms with Crippen LogP contribution in [0.25, 0.3) is 0 Å². The van der Waals surface area contributed by atoms with Gasteiger partial charge in [-0.15, -0.1) is 0 Å². The molecule has 0 aliphatic carbocycles. The summed E-state index contributed by atoms with van der Waals surface area (Å²) in [5.74, 6) is -0.271. The van der Waals surface area contributed by atoms with Gasteiger partial charge in [-0.3, -0.25) is 14.3 Å². The number of rotatable bonds is 8. The molecule has 2 amide bonds. The molecule has 0 spiro atoms. The summed E-state index contributed by atoms with van der Waals surface area (Å²) in [5.41, 5.74) is 1.02. The van der Waals surface area contributed by atoms with Crippen molar-refractivity contribution in [2.75, 3.05) is 11.9 Å². The van der Waals surface area contributed by atoms with Gasteiger partial charge >= 0.3 is 0 Å². The largest absolute Gasteiger partial charge is 0.483 e. The van der Waals surface area contributed by atoms with E-state index in [0.29, 0.717) is 23.5 Å². The van der Waals surface area contributed by atoms with Crippen LogP contribution in [0.4, 0.5) is 5.69 Å². The number of benzene rings is 2. The van der Waals surface area contributed by atoms with E-state index in [0.717, 1.165) is 4.47 Å². The molecule has 1 aromatic heterocycles. The highest BCUT2D eigenvalue weighted by Crippen LogP contribution is 2.18. The van der Waals surface area contributed by atoms with Crippen molar-refractivity contribution in [3.05, 3.63) is 71.2 Å². The average molecular weight is 458 g/mol. The van der Waals surface area contributed by atoms with Gasteiger partial charge in [0.05, 0.1) is 12.1 Å². The van der Waals surface area contributed by atoms with Gasteiger partial charge in [0.1, 0.15) is 18.4 Å². The lowest BCUT2D eigenvalue weighted by Gasteiger charge is -2.16. The van der Waals surface area contributed by atoms with Crippen LogP contribution in [-0.2, 0) is 11.3 Å². The molecule has 0 radical (unpaired) electrons. The maximum Gasteiger partial charge on any atom is 0.262 e. The topological polar surface area (TPSA) is 98.1 Å². The van der Waals surface area contributed by atoms with E-state index in [1.54, 1.807) is 47.4 Å². The minimum Gasteiger partial charge on any atom is -0.483 e. The van der Waals surface area contributed by atoms with E-state index in [9.17, 15) is 9.59 Å². The first-order valence-corrected chi connectivity index (χ1v) is 9.71. The molecule has 2 aromatic carbocycles. The third kappa shape index (κ3) is 6.15. The monoisotopic (exact) mass is 457 g/mol. The molecule has 0 aliphatic heterocycles. The molecule has 2 N–H and O–H groups in total. The van der Waals surface area contributed by atoms with Crippen molar-refractivity contribution in [1.82, 2.24) is 20.1 Å². The molecule has 150 valence electrons. The van der Waals surface area contributed by atoms with Crippen LogP contribution in [0.15, 0.2) is 65.7 Å². The van der Waals surface area contributed by atoms with E-state index in [2.05, 4.69) is 36.6 Å². The van der Waals surface area contributed by atoms with E-state index in [-0.39, 0.29) is 24.5 Å². The van der Waals surface area contributed by atoms with Gasteiger partial charge in [-0.2, -0.15) is 5.10 Å². The number of halogens is 1. The second-order valence-electron chi connectivity index (χ2n) is 6.33. The van der Waals surface area contributed by atoms with Crippen molar-refractivity contribution < 1.29 is 14.3 Å². The summed E-state index contributed by atoms with van der Waals surface area (Å²) < 4.78 is 8.15. The van der Waals surface area contributed by atoms with Crippen molar-refractivity contribution in [2.24, 2.45) is 0 Å². The van der Waals surface area contributed by atoms with Gasteiger partial charge in [-0.1, -0.05) is 28.1 Å². The Kier molecular flexibility index (Phi) is 6.96. The van der Waals surface area contributed by atoms with Crippen molar-refractivity contribution in [2.45, 2.75) is 19.5 Å². The first kappa shape index (κ1) is 20.5. The number of aromatic nitrogens is 3. The van der Waals surface area contributed by atoms with Crippen molar-refractivity contribution in [3.8, 4) is 5.75 Å². The summed E-state index contributed by atoms with van der Waals surface area (Å²) >= 11 is 3.34. The zero-order chi connectivity index (χ0) is 20.6. The minimum absolute atomic E-state index is 0.169. The van der Waals surface area contributed by atoms with Crippen LogP contribution in [-0.4, -0.2) is 39.2 Å². The third-order valence-electron chi connectivity index (χ3n) is 3.92. The lowest BCUT2D eigenvalue weighted by molar-refractivity contribution is -0.118. The molecular weight excluding hydrogens is 438 g/mol. The summed E-state index contributed by atoms with van der Waals surface area (Å²) in [7, 11) is 0. The fourth-order valence-electron chi connectivity index (χ4n) is 2.61. The first-order chi connectivity index (χ1) is 14.0. The predicted octanol–water partition coefficient (Wildman–Crippen LogP) is 2.88. The summed E-state index contributed by atoms with van der Waals surface area (Å²) in [4.78, 5) is 28.7. The molecule has 0 saturated carbocycles. The van der Waals surface area contributed by atoms with Crippen LogP contribution in [0, 0.1) is 0 Å². The smallest absolute Gasteiger partial charge is 0.262 e. The molecule has 1 unspecified atom stereocenters. The van der Waals surface area contributed by atoms with Gasteiger partial charge in [-0.05, 0) is 43.3 Å².